The van der Waals surface area contributed by atoms with Crippen LogP contribution >= 0.6 is 0 Å². The summed E-state index contributed by atoms with van der Waals surface area (Å²) < 4.78 is 13.4. The van der Waals surface area contributed by atoms with Gasteiger partial charge in [-0.3, -0.25) is 4.68 Å². The van der Waals surface area contributed by atoms with E-state index in [-0.39, 0.29) is 27.0 Å². The number of rotatable bonds is 8. The Morgan fingerprint density at radius 2 is 1.20 bits per heavy atom. The average molecular weight is 971 g/mol. The second-order valence-electron chi connectivity index (χ2n) is 17.5. The molecule has 0 spiro atoms. The molecule has 0 aliphatic rings. The molecular weight excluding hydrogens is 918 g/mol. The van der Waals surface area contributed by atoms with Gasteiger partial charge in [-0.1, -0.05) is 77.4 Å². The van der Waals surface area contributed by atoms with Crippen LogP contribution in [0.15, 0.2) is 85.1 Å². The summed E-state index contributed by atoms with van der Waals surface area (Å²) in [6.45, 7) is 26.6. The Hall–Kier alpha value is -5.45. The predicted octanol–water partition coefficient (Wildman–Crippen LogP) is 14.1. The standard InChI is InChI=1S/C53H53N5O.Pt/c1-29(2)38-19-32(7)51-46(24-38)47-25-39(30(3)4)20-33(8)52(47)57(51)50-34(9)28-54-53(37(50)12)56-48-16-14-13-15-44(48)45-18-17-42(27-49(45)56)59-43-23-40(31(5)6)22-41(26-43)58-36(11)21-35(10)55-58;/h13-25,28-31H,1-12H3;/q-2;+2. The van der Waals surface area contributed by atoms with E-state index < -0.39 is 0 Å². The average Bonchev–Trinajstić information content (AvgIpc) is 3.83. The Bertz CT molecular complexity index is 3070. The van der Waals surface area contributed by atoms with E-state index in [9.17, 15) is 0 Å². The van der Waals surface area contributed by atoms with Crippen LogP contribution in [0.2, 0.25) is 0 Å². The van der Waals surface area contributed by atoms with Gasteiger partial charge in [0.25, 0.3) is 0 Å². The van der Waals surface area contributed by atoms with Gasteiger partial charge in [0.15, 0.2) is 0 Å². The molecule has 0 radical (unpaired) electrons. The van der Waals surface area contributed by atoms with Crippen LogP contribution in [0.5, 0.6) is 11.5 Å². The van der Waals surface area contributed by atoms with E-state index in [1.54, 1.807) is 0 Å². The summed E-state index contributed by atoms with van der Waals surface area (Å²) in [6, 6.07) is 35.9. The van der Waals surface area contributed by atoms with E-state index in [4.69, 9.17) is 14.8 Å². The molecule has 9 aromatic rings. The molecule has 9 rings (SSSR count). The second kappa shape index (κ2) is 15.5. The largest absolute Gasteiger partial charge is 2.00 e. The van der Waals surface area contributed by atoms with Gasteiger partial charge in [-0.2, -0.15) is 11.2 Å². The van der Waals surface area contributed by atoms with Crippen molar-refractivity contribution in [2.24, 2.45) is 0 Å². The molecule has 6 nitrogen and oxygen atoms in total. The van der Waals surface area contributed by atoms with Gasteiger partial charge in [-0.05, 0) is 122 Å². The maximum absolute atomic E-state index is 6.69. The number of para-hydroxylation sites is 1. The summed E-state index contributed by atoms with van der Waals surface area (Å²) >= 11 is 0. The van der Waals surface area contributed by atoms with E-state index in [0.29, 0.717) is 23.3 Å². The van der Waals surface area contributed by atoms with Gasteiger partial charge >= 0.3 is 21.1 Å². The van der Waals surface area contributed by atoms with Crippen LogP contribution in [0.1, 0.15) is 110 Å². The van der Waals surface area contributed by atoms with E-state index >= 15 is 0 Å². The summed E-state index contributed by atoms with van der Waals surface area (Å²) in [7, 11) is 0. The van der Waals surface area contributed by atoms with E-state index in [2.05, 4.69) is 170 Å². The van der Waals surface area contributed by atoms with Gasteiger partial charge in [-0.15, -0.1) is 41.3 Å². The summed E-state index contributed by atoms with van der Waals surface area (Å²) in [5.41, 5.74) is 17.2. The molecule has 0 bridgehead atoms. The quantitative estimate of drug-likeness (QED) is 0.143. The monoisotopic (exact) mass is 970 g/mol. The number of nitrogens with zero attached hydrogens (tertiary/aromatic N) is 5. The van der Waals surface area contributed by atoms with Crippen molar-refractivity contribution in [2.75, 3.05) is 0 Å². The molecule has 5 aromatic carbocycles. The maximum Gasteiger partial charge on any atom is 2.00 e. The number of aromatic nitrogens is 5. The predicted molar refractivity (Wildman–Crippen MR) is 245 cm³/mol. The molecule has 4 heterocycles. The van der Waals surface area contributed by atoms with Crippen LogP contribution in [-0.2, 0) is 21.1 Å². The molecule has 0 aliphatic heterocycles. The summed E-state index contributed by atoms with van der Waals surface area (Å²) in [4.78, 5) is 5.24. The molecule has 4 aromatic heterocycles. The SMILES string of the molecule is Cc1cc(C)n(-c2[c-]c(Oc3[c-]c4c(cc3)c3ccccc3n4-c3ncc(C)c(-n4c5c(C)cc(C(C)C)cc5c5cc(C(C)C)cc(C)c54)c3C)cc(C(C)C)c2)n1.[Pt+2]. The Kier molecular flexibility index (Phi) is 10.7. The van der Waals surface area contributed by atoms with Crippen LogP contribution < -0.4 is 4.74 Å². The van der Waals surface area contributed by atoms with Crippen LogP contribution in [0.3, 0.4) is 0 Å². The van der Waals surface area contributed by atoms with Crippen LogP contribution in [0, 0.1) is 53.7 Å². The third kappa shape index (κ3) is 6.78. The molecule has 7 heteroatoms. The van der Waals surface area contributed by atoms with Crippen molar-refractivity contribution in [3.05, 3.63) is 148 Å². The van der Waals surface area contributed by atoms with Crippen molar-refractivity contribution in [3.63, 3.8) is 0 Å². The van der Waals surface area contributed by atoms with E-state index in [1.165, 1.54) is 44.1 Å². The number of ether oxygens (including phenoxy) is 1. The molecule has 0 saturated carbocycles. The molecule has 0 aliphatic carbocycles. The van der Waals surface area contributed by atoms with Gasteiger partial charge in [0.1, 0.15) is 5.82 Å². The molecule has 60 heavy (non-hydrogen) atoms. The number of hydrogen-bond donors (Lipinski definition) is 0. The van der Waals surface area contributed by atoms with Crippen molar-refractivity contribution in [1.29, 1.82) is 0 Å². The Balaban J connectivity index is 0.00000499. The minimum absolute atomic E-state index is 0. The van der Waals surface area contributed by atoms with Crippen LogP contribution in [0.4, 0.5) is 0 Å². The Morgan fingerprint density at radius 1 is 0.583 bits per heavy atom. The fourth-order valence-corrected chi connectivity index (χ4v) is 9.11. The fraction of sp³-hybridized carbons (Fsp3) is 0.283. The van der Waals surface area contributed by atoms with Crippen LogP contribution in [-0.4, -0.2) is 23.9 Å². The third-order valence-electron chi connectivity index (χ3n) is 12.1. The summed E-state index contributed by atoms with van der Waals surface area (Å²) in [5.74, 6) is 3.24. The zero-order chi connectivity index (χ0) is 41.6. The van der Waals surface area contributed by atoms with Gasteiger partial charge in [0, 0.05) is 45.2 Å². The molecule has 0 fully saturated rings. The van der Waals surface area contributed by atoms with Crippen molar-refractivity contribution in [2.45, 2.75) is 101 Å². The molecule has 0 atom stereocenters. The van der Waals surface area contributed by atoms with Gasteiger partial charge < -0.3 is 13.9 Å². The third-order valence-corrected chi connectivity index (χ3v) is 12.1. The topological polar surface area (TPSA) is 49.8 Å². The minimum atomic E-state index is 0. The van der Waals surface area contributed by atoms with Crippen molar-refractivity contribution >= 4 is 43.6 Å². The summed E-state index contributed by atoms with van der Waals surface area (Å²) in [6.07, 6.45) is 2.04. The Labute approximate surface area is 368 Å². The second-order valence-corrected chi connectivity index (χ2v) is 17.5. The van der Waals surface area contributed by atoms with E-state index in [1.807, 2.05) is 23.9 Å². The van der Waals surface area contributed by atoms with Crippen molar-refractivity contribution in [1.82, 2.24) is 23.9 Å². The number of fused-ring (bicyclic) bond motifs is 6. The number of hydrogen-bond acceptors (Lipinski definition) is 3. The first-order valence-electron chi connectivity index (χ1n) is 21.0. The smallest absolute Gasteiger partial charge is 0.509 e. The van der Waals surface area contributed by atoms with Crippen molar-refractivity contribution < 1.29 is 25.8 Å². The maximum atomic E-state index is 6.69. The number of aryl methyl sites for hydroxylation is 5. The summed E-state index contributed by atoms with van der Waals surface area (Å²) in [5, 5.41) is 9.59. The zero-order valence-electron chi connectivity index (χ0n) is 36.8. The number of pyridine rings is 1. The van der Waals surface area contributed by atoms with Gasteiger partial charge in [0.05, 0.1) is 22.4 Å². The van der Waals surface area contributed by atoms with Crippen molar-refractivity contribution in [3.8, 4) is 28.7 Å². The van der Waals surface area contributed by atoms with Gasteiger partial charge in [-0.25, -0.2) is 4.98 Å². The van der Waals surface area contributed by atoms with Gasteiger partial charge in [0.2, 0.25) is 0 Å². The van der Waals surface area contributed by atoms with Crippen LogP contribution in [0.25, 0.3) is 60.8 Å². The number of benzene rings is 5. The first-order valence-corrected chi connectivity index (χ1v) is 21.0. The first kappa shape index (κ1) is 41.3. The minimum Gasteiger partial charge on any atom is -0.509 e. The molecular formula is C53H53N5OPt. The fourth-order valence-electron chi connectivity index (χ4n) is 9.11. The molecule has 306 valence electrons. The zero-order valence-corrected chi connectivity index (χ0v) is 39.0. The normalized spacial score (nSPS) is 12.0. The first-order chi connectivity index (χ1) is 28.2. The molecule has 0 unspecified atom stereocenters. The molecule has 0 saturated heterocycles. The Morgan fingerprint density at radius 3 is 1.80 bits per heavy atom. The van der Waals surface area contributed by atoms with E-state index in [0.717, 1.165) is 67.1 Å². The molecule has 0 amide bonds. The molecule has 0 N–H and O–H groups in total.